The Morgan fingerprint density at radius 3 is 3.06 bits per heavy atom. The lowest BCUT2D eigenvalue weighted by molar-refractivity contribution is 0.0923. The number of nitrogens with one attached hydrogen (secondary N) is 1. The maximum atomic E-state index is 13.1. The van der Waals surface area contributed by atoms with E-state index in [4.69, 9.17) is 10.00 Å². The molecule has 0 amide bonds. The van der Waals surface area contributed by atoms with Crippen molar-refractivity contribution in [2.75, 3.05) is 19.7 Å². The summed E-state index contributed by atoms with van der Waals surface area (Å²) in [5.74, 6) is 0.171. The first-order valence-corrected chi connectivity index (χ1v) is 5.76. The average molecular weight is 234 g/mol. The third-order valence-electron chi connectivity index (χ3n) is 2.87. The van der Waals surface area contributed by atoms with E-state index in [-0.39, 0.29) is 5.82 Å². The molecule has 17 heavy (non-hydrogen) atoms. The van der Waals surface area contributed by atoms with Crippen LogP contribution in [0.1, 0.15) is 17.5 Å². The van der Waals surface area contributed by atoms with Crippen LogP contribution < -0.4 is 5.32 Å². The van der Waals surface area contributed by atoms with Gasteiger partial charge in [0.25, 0.3) is 0 Å². The molecule has 0 aliphatic carbocycles. The van der Waals surface area contributed by atoms with Crippen molar-refractivity contribution in [2.45, 2.75) is 13.0 Å². The molecule has 4 heteroatoms. The molecule has 1 atom stereocenters. The predicted molar refractivity (Wildman–Crippen MR) is 61.7 cm³/mol. The monoisotopic (exact) mass is 234 g/mol. The minimum Gasteiger partial charge on any atom is -0.376 e. The van der Waals surface area contributed by atoms with Crippen molar-refractivity contribution in [3.63, 3.8) is 0 Å². The zero-order valence-corrected chi connectivity index (χ0v) is 9.58. The molecule has 0 spiro atoms. The Morgan fingerprint density at radius 2 is 2.35 bits per heavy atom. The van der Waals surface area contributed by atoms with Gasteiger partial charge in [-0.25, -0.2) is 4.39 Å². The van der Waals surface area contributed by atoms with E-state index < -0.39 is 0 Å². The third-order valence-corrected chi connectivity index (χ3v) is 2.87. The molecule has 1 N–H and O–H groups in total. The maximum Gasteiger partial charge on any atom is 0.124 e. The summed E-state index contributed by atoms with van der Waals surface area (Å²) in [4.78, 5) is 0. The van der Waals surface area contributed by atoms with Gasteiger partial charge >= 0.3 is 0 Å². The lowest BCUT2D eigenvalue weighted by atomic mass is 10.1. The number of halogens is 1. The van der Waals surface area contributed by atoms with E-state index in [1.54, 1.807) is 6.07 Å². The highest BCUT2D eigenvalue weighted by Gasteiger charge is 2.14. The fourth-order valence-electron chi connectivity index (χ4n) is 2.00. The smallest absolute Gasteiger partial charge is 0.124 e. The summed E-state index contributed by atoms with van der Waals surface area (Å²) in [5.41, 5.74) is 1.05. The number of hydrogen-bond donors (Lipinski definition) is 1. The van der Waals surface area contributed by atoms with Crippen LogP contribution in [0, 0.1) is 23.1 Å². The quantitative estimate of drug-likeness (QED) is 0.864. The molecule has 1 saturated heterocycles. The van der Waals surface area contributed by atoms with Crippen molar-refractivity contribution >= 4 is 0 Å². The Bertz CT molecular complexity index is 422. The fourth-order valence-corrected chi connectivity index (χ4v) is 2.00. The first-order chi connectivity index (χ1) is 8.28. The first-order valence-electron chi connectivity index (χ1n) is 5.76. The average Bonchev–Trinajstić information content (AvgIpc) is 2.81. The van der Waals surface area contributed by atoms with Gasteiger partial charge in [0.05, 0.1) is 24.8 Å². The summed E-state index contributed by atoms with van der Waals surface area (Å²) in [6.07, 6.45) is 1.13. The standard InChI is InChI=1S/C13H15FN2O/c14-13-4-11(6-15)3-12(5-13)9-17-8-10-1-2-16-7-10/h3-5,10,16H,1-2,7-9H2. The van der Waals surface area contributed by atoms with E-state index in [1.807, 2.05) is 6.07 Å². The van der Waals surface area contributed by atoms with Gasteiger partial charge in [0.1, 0.15) is 5.82 Å². The normalized spacial score (nSPS) is 19.2. The SMILES string of the molecule is N#Cc1cc(F)cc(COCC2CCNC2)c1. The van der Waals surface area contributed by atoms with E-state index >= 15 is 0 Å². The number of benzene rings is 1. The van der Waals surface area contributed by atoms with Gasteiger partial charge in [-0.1, -0.05) is 0 Å². The van der Waals surface area contributed by atoms with Crippen LogP contribution in [0.4, 0.5) is 4.39 Å². The fraction of sp³-hybridized carbons (Fsp3) is 0.462. The van der Waals surface area contributed by atoms with Crippen LogP contribution in [0.15, 0.2) is 18.2 Å². The molecule has 1 aromatic carbocycles. The Balaban J connectivity index is 1.85. The summed E-state index contributed by atoms with van der Waals surface area (Å²) >= 11 is 0. The number of nitrogens with zero attached hydrogens (tertiary/aromatic N) is 1. The van der Waals surface area contributed by atoms with Crippen LogP contribution in [0.2, 0.25) is 0 Å². The third kappa shape index (κ3) is 3.52. The Hall–Kier alpha value is -1.44. The molecule has 0 saturated carbocycles. The summed E-state index contributed by atoms with van der Waals surface area (Å²) in [6.45, 7) is 3.09. The van der Waals surface area contributed by atoms with E-state index in [9.17, 15) is 4.39 Å². The predicted octanol–water partition coefficient (Wildman–Crippen LogP) is 1.82. The minimum atomic E-state index is -0.384. The largest absolute Gasteiger partial charge is 0.376 e. The molecular formula is C13H15FN2O. The van der Waals surface area contributed by atoms with Gasteiger partial charge in [0, 0.05) is 6.54 Å². The van der Waals surface area contributed by atoms with Gasteiger partial charge < -0.3 is 10.1 Å². The maximum absolute atomic E-state index is 13.1. The second-order valence-corrected chi connectivity index (χ2v) is 4.33. The molecule has 1 heterocycles. The second kappa shape index (κ2) is 5.76. The van der Waals surface area contributed by atoms with Gasteiger partial charge in [0.2, 0.25) is 0 Å². The molecule has 90 valence electrons. The molecule has 1 unspecified atom stereocenters. The number of ether oxygens (including phenoxy) is 1. The minimum absolute atomic E-state index is 0.339. The molecule has 3 nitrogen and oxygen atoms in total. The number of rotatable bonds is 4. The first kappa shape index (κ1) is 12.0. The van der Waals surface area contributed by atoms with Crippen LogP contribution >= 0.6 is 0 Å². The lowest BCUT2D eigenvalue weighted by Crippen LogP contribution is -2.13. The highest BCUT2D eigenvalue weighted by Crippen LogP contribution is 2.12. The van der Waals surface area contributed by atoms with Crippen LogP contribution in [0.3, 0.4) is 0 Å². The summed E-state index contributed by atoms with van der Waals surface area (Å²) < 4.78 is 18.7. The second-order valence-electron chi connectivity index (χ2n) is 4.33. The zero-order chi connectivity index (χ0) is 12.1. The molecule has 2 rings (SSSR count). The molecule has 1 fully saturated rings. The summed E-state index contributed by atoms with van der Waals surface area (Å²) in [5, 5.41) is 12.0. The van der Waals surface area contributed by atoms with Crippen LogP contribution in [0.5, 0.6) is 0 Å². The highest BCUT2D eigenvalue weighted by molar-refractivity contribution is 5.33. The zero-order valence-electron chi connectivity index (χ0n) is 9.58. The van der Waals surface area contributed by atoms with Crippen molar-refractivity contribution in [3.8, 4) is 6.07 Å². The molecule has 1 aromatic rings. The Morgan fingerprint density at radius 1 is 1.47 bits per heavy atom. The Labute approximate surface area is 100 Å². The molecule has 1 aliphatic heterocycles. The molecular weight excluding hydrogens is 219 g/mol. The van der Waals surface area contributed by atoms with Gasteiger partial charge in [-0.05, 0) is 42.6 Å². The summed E-state index contributed by atoms with van der Waals surface area (Å²) in [6, 6.07) is 6.23. The topological polar surface area (TPSA) is 45.0 Å². The highest BCUT2D eigenvalue weighted by atomic mass is 19.1. The van der Waals surface area contributed by atoms with Gasteiger partial charge in [-0.2, -0.15) is 5.26 Å². The van der Waals surface area contributed by atoms with Crippen molar-refractivity contribution in [2.24, 2.45) is 5.92 Å². The van der Waals surface area contributed by atoms with Gasteiger partial charge in [-0.3, -0.25) is 0 Å². The molecule has 0 bridgehead atoms. The van der Waals surface area contributed by atoms with Crippen LogP contribution in [-0.4, -0.2) is 19.7 Å². The van der Waals surface area contributed by atoms with E-state index in [2.05, 4.69) is 5.32 Å². The molecule has 0 radical (unpaired) electrons. The number of nitriles is 1. The number of hydrogen-bond acceptors (Lipinski definition) is 3. The van der Waals surface area contributed by atoms with E-state index in [0.29, 0.717) is 30.3 Å². The van der Waals surface area contributed by atoms with Crippen molar-refractivity contribution < 1.29 is 9.13 Å². The Kier molecular flexibility index (Phi) is 4.08. The van der Waals surface area contributed by atoms with Crippen molar-refractivity contribution in [1.29, 1.82) is 5.26 Å². The van der Waals surface area contributed by atoms with Crippen LogP contribution in [-0.2, 0) is 11.3 Å². The summed E-state index contributed by atoms with van der Waals surface area (Å²) in [7, 11) is 0. The van der Waals surface area contributed by atoms with Crippen molar-refractivity contribution in [1.82, 2.24) is 5.32 Å². The van der Waals surface area contributed by atoms with Gasteiger partial charge in [-0.15, -0.1) is 0 Å². The van der Waals surface area contributed by atoms with Gasteiger partial charge in [0.15, 0.2) is 0 Å². The van der Waals surface area contributed by atoms with Crippen LogP contribution in [0.25, 0.3) is 0 Å². The van der Waals surface area contributed by atoms with E-state index in [0.717, 1.165) is 19.5 Å². The molecule has 0 aromatic heterocycles. The van der Waals surface area contributed by atoms with Crippen molar-refractivity contribution in [3.05, 3.63) is 35.1 Å². The lowest BCUT2D eigenvalue weighted by Gasteiger charge is -2.09. The molecule has 1 aliphatic rings. The van der Waals surface area contributed by atoms with E-state index in [1.165, 1.54) is 12.1 Å².